The summed E-state index contributed by atoms with van der Waals surface area (Å²) in [7, 11) is -3.83. The van der Waals surface area contributed by atoms with E-state index in [0.29, 0.717) is 23.7 Å². The third-order valence-electron chi connectivity index (χ3n) is 5.38. The van der Waals surface area contributed by atoms with Gasteiger partial charge < -0.3 is 4.98 Å². The van der Waals surface area contributed by atoms with Crippen molar-refractivity contribution in [3.8, 4) is 0 Å². The number of aromatic nitrogens is 2. The Morgan fingerprint density at radius 1 is 1.24 bits per heavy atom. The molecule has 0 spiro atoms. The third kappa shape index (κ3) is 4.56. The zero-order valence-electron chi connectivity index (χ0n) is 18.0. The second-order valence-corrected chi connectivity index (χ2v) is 9.69. The minimum atomic E-state index is -3.83. The molecule has 1 aliphatic rings. The van der Waals surface area contributed by atoms with E-state index in [1.165, 1.54) is 6.20 Å². The van der Waals surface area contributed by atoms with E-state index in [1.54, 1.807) is 13.1 Å². The minimum Gasteiger partial charge on any atom is -0.346 e. The molecule has 1 atom stereocenters. The van der Waals surface area contributed by atoms with Crippen LogP contribution in [0.4, 0.5) is 14.5 Å². The minimum absolute atomic E-state index is 0.0462. The number of pyridine rings is 1. The Morgan fingerprint density at radius 2 is 2.03 bits per heavy atom. The maximum atomic E-state index is 15.1. The highest BCUT2D eigenvalue weighted by atomic mass is 32.2. The maximum absolute atomic E-state index is 15.1. The number of anilines is 1. The van der Waals surface area contributed by atoms with E-state index in [1.807, 2.05) is 25.1 Å². The van der Waals surface area contributed by atoms with Crippen molar-refractivity contribution in [3.05, 3.63) is 81.4 Å². The van der Waals surface area contributed by atoms with Crippen LogP contribution in [0.3, 0.4) is 0 Å². The number of benzene rings is 1. The van der Waals surface area contributed by atoms with Crippen molar-refractivity contribution in [1.82, 2.24) is 9.97 Å². The summed E-state index contributed by atoms with van der Waals surface area (Å²) in [6, 6.07) is 5.62. The van der Waals surface area contributed by atoms with E-state index in [-0.39, 0.29) is 17.2 Å². The first-order valence-electron chi connectivity index (χ1n) is 10.4. The van der Waals surface area contributed by atoms with E-state index in [2.05, 4.69) is 19.7 Å². The molecule has 0 aliphatic carbocycles. The molecule has 1 unspecified atom stereocenters. The number of rotatable bonds is 7. The van der Waals surface area contributed by atoms with Gasteiger partial charge in [0, 0.05) is 34.8 Å². The topological polar surface area (TPSA) is 104 Å². The quantitative estimate of drug-likeness (QED) is 0.516. The van der Waals surface area contributed by atoms with Crippen molar-refractivity contribution in [2.45, 2.75) is 26.2 Å². The van der Waals surface area contributed by atoms with Crippen molar-refractivity contribution >= 4 is 27.6 Å². The molecule has 10 heteroatoms. The van der Waals surface area contributed by atoms with E-state index >= 15 is 4.39 Å². The highest BCUT2D eigenvalue weighted by Crippen LogP contribution is 2.25. The van der Waals surface area contributed by atoms with Crippen molar-refractivity contribution in [3.63, 3.8) is 0 Å². The molecule has 0 saturated heterocycles. The summed E-state index contributed by atoms with van der Waals surface area (Å²) >= 11 is 0. The fraction of sp³-hybridized carbons (Fsp3) is 0.261. The van der Waals surface area contributed by atoms with Crippen molar-refractivity contribution in [1.29, 1.82) is 0 Å². The van der Waals surface area contributed by atoms with Gasteiger partial charge in [-0.05, 0) is 37.1 Å². The number of aryl methyl sites for hydroxylation is 1. The van der Waals surface area contributed by atoms with Crippen molar-refractivity contribution in [2.75, 3.05) is 17.0 Å². The van der Waals surface area contributed by atoms with Gasteiger partial charge in [-0.25, -0.2) is 17.2 Å². The maximum Gasteiger partial charge on any atom is 0.232 e. The summed E-state index contributed by atoms with van der Waals surface area (Å²) in [6.45, 7) is 3.97. The Hall–Kier alpha value is -3.40. The average Bonchev–Trinajstić information content (AvgIpc) is 3.19. The lowest BCUT2D eigenvalue weighted by atomic mass is 9.95. The number of halogens is 2. The molecule has 33 heavy (non-hydrogen) atoms. The Labute approximate surface area is 189 Å². The molecule has 3 heterocycles. The fourth-order valence-corrected chi connectivity index (χ4v) is 4.85. The standard InChI is InChI=1S/C23H22F2N4O3S/c1-3-8-33(31,32)29-19-7-6-18(24)20(21(19)25)22(30)17-12-28-23-16(17)9-15(11-27-23)14-5-4-13(2)26-10-14/h4-7,9-10,12,15,29H,3,8,11H2,1-2H3,(H,27,28). The number of nitrogens with one attached hydrogen (secondary N) is 2. The van der Waals surface area contributed by atoms with Crippen LogP contribution in [-0.2, 0) is 10.0 Å². The Kier molecular flexibility index (Phi) is 6.11. The number of carbonyl (C=O) groups excluding carboxylic acids is 1. The summed E-state index contributed by atoms with van der Waals surface area (Å²) in [5, 5.41) is 0.438. The summed E-state index contributed by atoms with van der Waals surface area (Å²) in [5.41, 5.74) is 0.945. The van der Waals surface area contributed by atoms with Crippen LogP contribution >= 0.6 is 0 Å². The van der Waals surface area contributed by atoms with Gasteiger partial charge in [0.15, 0.2) is 5.82 Å². The van der Waals surface area contributed by atoms with Crippen LogP contribution in [0.2, 0.25) is 0 Å². The zero-order valence-corrected chi connectivity index (χ0v) is 18.8. The number of carbonyl (C=O) groups is 1. The molecule has 0 radical (unpaired) electrons. The predicted molar refractivity (Wildman–Crippen MR) is 120 cm³/mol. The Bertz CT molecular complexity index is 1450. The second kappa shape index (κ2) is 8.86. The normalized spacial score (nSPS) is 15.3. The van der Waals surface area contributed by atoms with Gasteiger partial charge in [0.25, 0.3) is 0 Å². The lowest BCUT2D eigenvalue weighted by Gasteiger charge is -2.13. The molecule has 1 aromatic carbocycles. The number of sulfonamides is 1. The summed E-state index contributed by atoms with van der Waals surface area (Å²) in [6.07, 6.45) is 5.23. The molecule has 2 N–H and O–H groups in total. The van der Waals surface area contributed by atoms with Gasteiger partial charge in [0.2, 0.25) is 15.8 Å². The monoisotopic (exact) mass is 472 g/mol. The van der Waals surface area contributed by atoms with Gasteiger partial charge in [-0.1, -0.05) is 19.1 Å². The van der Waals surface area contributed by atoms with Crippen LogP contribution in [0.25, 0.3) is 6.08 Å². The first-order chi connectivity index (χ1) is 15.7. The lowest BCUT2D eigenvalue weighted by Crippen LogP contribution is -2.33. The Morgan fingerprint density at radius 3 is 2.73 bits per heavy atom. The van der Waals surface area contributed by atoms with E-state index in [0.717, 1.165) is 23.4 Å². The van der Waals surface area contributed by atoms with Crippen LogP contribution in [-0.4, -0.2) is 36.5 Å². The fourth-order valence-electron chi connectivity index (χ4n) is 3.72. The molecule has 7 nitrogen and oxygen atoms in total. The second-order valence-electron chi connectivity index (χ2n) is 7.85. The first kappa shape index (κ1) is 22.8. The largest absolute Gasteiger partial charge is 0.346 e. The molecular formula is C23H22F2N4O3S. The zero-order chi connectivity index (χ0) is 23.8. The third-order valence-corrected chi connectivity index (χ3v) is 6.85. The average molecular weight is 473 g/mol. The smallest absolute Gasteiger partial charge is 0.232 e. The van der Waals surface area contributed by atoms with Gasteiger partial charge in [-0.2, -0.15) is 0 Å². The molecular weight excluding hydrogens is 450 g/mol. The van der Waals surface area contributed by atoms with Gasteiger partial charge in [-0.3, -0.25) is 19.5 Å². The SMILES string of the molecule is CCCS(=O)(=O)Nc1ccc(F)c(C(=O)c2c[nH]c3c2=CC(c2ccc(C)nc2)CN=3)c1F. The van der Waals surface area contributed by atoms with Crippen LogP contribution in [0, 0.1) is 18.6 Å². The summed E-state index contributed by atoms with van der Waals surface area (Å²) < 4.78 is 55.9. The molecule has 0 fully saturated rings. The first-order valence-corrected chi connectivity index (χ1v) is 12.0. The van der Waals surface area contributed by atoms with Gasteiger partial charge >= 0.3 is 0 Å². The van der Waals surface area contributed by atoms with Crippen LogP contribution < -0.4 is 15.4 Å². The molecule has 0 bridgehead atoms. The van der Waals surface area contributed by atoms with Gasteiger partial charge in [0.05, 0.1) is 23.5 Å². The number of H-pyrrole nitrogens is 1. The molecule has 2 aromatic heterocycles. The van der Waals surface area contributed by atoms with Crippen LogP contribution in [0.15, 0.2) is 41.7 Å². The molecule has 0 saturated carbocycles. The van der Waals surface area contributed by atoms with Crippen LogP contribution in [0.5, 0.6) is 0 Å². The Balaban J connectivity index is 1.75. The van der Waals surface area contributed by atoms with E-state index < -0.39 is 38.7 Å². The number of aromatic amines is 1. The highest BCUT2D eigenvalue weighted by molar-refractivity contribution is 7.92. The van der Waals surface area contributed by atoms with Crippen molar-refractivity contribution < 1.29 is 22.0 Å². The molecule has 3 aromatic rings. The van der Waals surface area contributed by atoms with Gasteiger partial charge in [0.1, 0.15) is 11.3 Å². The number of hydrogen-bond acceptors (Lipinski definition) is 5. The number of hydrogen-bond donors (Lipinski definition) is 2. The summed E-state index contributed by atoms with van der Waals surface area (Å²) in [5.74, 6) is -3.65. The highest BCUT2D eigenvalue weighted by Gasteiger charge is 2.26. The molecule has 172 valence electrons. The van der Waals surface area contributed by atoms with Gasteiger partial charge in [-0.15, -0.1) is 0 Å². The molecule has 4 rings (SSSR count). The summed E-state index contributed by atoms with van der Waals surface area (Å²) in [4.78, 5) is 24.8. The molecule has 1 aliphatic heterocycles. The number of nitrogens with zero attached hydrogens (tertiary/aromatic N) is 2. The molecule has 0 amide bonds. The van der Waals surface area contributed by atoms with Crippen molar-refractivity contribution in [2.24, 2.45) is 4.99 Å². The van der Waals surface area contributed by atoms with Crippen LogP contribution in [0.1, 0.15) is 46.4 Å². The lowest BCUT2D eigenvalue weighted by molar-refractivity contribution is 0.103. The van der Waals surface area contributed by atoms with E-state index in [9.17, 15) is 17.6 Å². The number of fused-ring (bicyclic) bond motifs is 1. The predicted octanol–water partition coefficient (Wildman–Crippen LogP) is 2.58. The van der Waals surface area contributed by atoms with E-state index in [4.69, 9.17) is 0 Å². The number of ketones is 1.